The first kappa shape index (κ1) is 15.4. The Labute approximate surface area is 117 Å². The fourth-order valence-electron chi connectivity index (χ4n) is 3.24. The van der Waals surface area contributed by atoms with Crippen LogP contribution in [0.2, 0.25) is 0 Å². The molecule has 1 aliphatic rings. The third kappa shape index (κ3) is 3.00. The summed E-state index contributed by atoms with van der Waals surface area (Å²) in [4.78, 5) is 0. The van der Waals surface area contributed by atoms with Gasteiger partial charge in [0.1, 0.15) is 0 Å². The lowest BCUT2D eigenvalue weighted by atomic mass is 9.70. The highest BCUT2D eigenvalue weighted by Gasteiger charge is 2.43. The Balaban J connectivity index is 2.39. The zero-order valence-corrected chi connectivity index (χ0v) is 11.9. The van der Waals surface area contributed by atoms with Crippen molar-refractivity contribution in [2.24, 2.45) is 11.8 Å². The normalized spacial score (nSPS) is 27.9. The third-order valence-corrected chi connectivity index (χ3v) is 4.44. The molecule has 2 rings (SSSR count). The van der Waals surface area contributed by atoms with Gasteiger partial charge < -0.3 is 5.11 Å². The summed E-state index contributed by atoms with van der Waals surface area (Å²) in [6, 6.07) is 5.43. The molecule has 1 N–H and O–H groups in total. The van der Waals surface area contributed by atoms with Crippen LogP contribution in [0.4, 0.5) is 13.2 Å². The van der Waals surface area contributed by atoms with E-state index < -0.39 is 17.3 Å². The summed E-state index contributed by atoms with van der Waals surface area (Å²) in [6.07, 6.45) is -1.85. The summed E-state index contributed by atoms with van der Waals surface area (Å²) < 4.78 is 39.4. The molecule has 1 aliphatic carbocycles. The van der Waals surface area contributed by atoms with E-state index in [4.69, 9.17) is 0 Å². The molecule has 1 nitrogen and oxygen atoms in total. The molecule has 112 valence electrons. The summed E-state index contributed by atoms with van der Waals surface area (Å²) in [5, 5.41) is 10.8. The van der Waals surface area contributed by atoms with Crippen LogP contribution in [-0.4, -0.2) is 5.11 Å². The van der Waals surface area contributed by atoms with Gasteiger partial charge in [0, 0.05) is 0 Å². The van der Waals surface area contributed by atoms with Gasteiger partial charge in [-0.25, -0.2) is 0 Å². The Hall–Kier alpha value is -1.03. The average Bonchev–Trinajstić information content (AvgIpc) is 2.38. The van der Waals surface area contributed by atoms with Gasteiger partial charge >= 0.3 is 6.18 Å². The van der Waals surface area contributed by atoms with Crippen LogP contribution in [0.15, 0.2) is 24.3 Å². The molecule has 0 heterocycles. The van der Waals surface area contributed by atoms with Gasteiger partial charge in [0.05, 0.1) is 11.2 Å². The molecule has 0 aromatic heterocycles. The Bertz CT molecular complexity index is 467. The van der Waals surface area contributed by atoms with E-state index >= 15 is 0 Å². The molecule has 4 heteroatoms. The number of alkyl halides is 3. The topological polar surface area (TPSA) is 20.2 Å². The second-order valence-corrected chi connectivity index (χ2v) is 6.18. The highest BCUT2D eigenvalue weighted by atomic mass is 19.4. The Morgan fingerprint density at radius 1 is 1.25 bits per heavy atom. The van der Waals surface area contributed by atoms with Crippen LogP contribution in [0.3, 0.4) is 0 Å². The molecule has 0 radical (unpaired) electrons. The number of rotatable bonds is 2. The smallest absolute Gasteiger partial charge is 0.385 e. The van der Waals surface area contributed by atoms with Gasteiger partial charge in [-0.1, -0.05) is 32.0 Å². The first-order valence-corrected chi connectivity index (χ1v) is 7.13. The maximum Gasteiger partial charge on any atom is 0.416 e. The van der Waals surface area contributed by atoms with Crippen molar-refractivity contribution in [2.75, 3.05) is 0 Å². The second-order valence-electron chi connectivity index (χ2n) is 6.18. The summed E-state index contributed by atoms with van der Waals surface area (Å²) in [5.41, 5.74) is -2.01. The van der Waals surface area contributed by atoms with Gasteiger partial charge in [-0.15, -0.1) is 0 Å². The molecule has 2 unspecified atom stereocenters. The van der Waals surface area contributed by atoms with Crippen molar-refractivity contribution in [2.45, 2.75) is 51.3 Å². The molecular weight excluding hydrogens is 265 g/mol. The van der Waals surface area contributed by atoms with E-state index in [-0.39, 0.29) is 11.5 Å². The van der Waals surface area contributed by atoms with E-state index in [0.717, 1.165) is 18.9 Å². The number of hydrogen-bond acceptors (Lipinski definition) is 1. The van der Waals surface area contributed by atoms with Gasteiger partial charge in [-0.2, -0.15) is 13.2 Å². The van der Waals surface area contributed by atoms with Crippen LogP contribution >= 0.6 is 0 Å². The van der Waals surface area contributed by atoms with Crippen LogP contribution < -0.4 is 0 Å². The molecule has 1 saturated carbocycles. The van der Waals surface area contributed by atoms with E-state index in [1.807, 2.05) is 0 Å². The molecule has 1 aromatic rings. The number of hydrogen-bond donors (Lipinski definition) is 1. The molecule has 0 amide bonds. The molecule has 2 atom stereocenters. The van der Waals surface area contributed by atoms with Crippen LogP contribution in [0.25, 0.3) is 0 Å². The van der Waals surface area contributed by atoms with Crippen LogP contribution in [0.1, 0.15) is 50.7 Å². The molecule has 1 aromatic carbocycles. The molecular formula is C16H21F3O. The quantitative estimate of drug-likeness (QED) is 0.832. The van der Waals surface area contributed by atoms with Crippen molar-refractivity contribution < 1.29 is 18.3 Å². The van der Waals surface area contributed by atoms with Crippen LogP contribution in [0.5, 0.6) is 0 Å². The average molecular weight is 286 g/mol. The summed E-state index contributed by atoms with van der Waals surface area (Å²) in [7, 11) is 0. The Morgan fingerprint density at radius 3 is 2.50 bits per heavy atom. The van der Waals surface area contributed by atoms with E-state index in [2.05, 4.69) is 13.8 Å². The predicted octanol–water partition coefficient (Wildman–Crippen LogP) is 4.74. The fraction of sp³-hybridized carbons (Fsp3) is 0.625. The van der Waals surface area contributed by atoms with Gasteiger partial charge in [0.2, 0.25) is 0 Å². The number of benzene rings is 1. The van der Waals surface area contributed by atoms with E-state index in [1.165, 1.54) is 12.1 Å². The third-order valence-electron chi connectivity index (χ3n) is 4.44. The van der Waals surface area contributed by atoms with Crippen molar-refractivity contribution in [3.63, 3.8) is 0 Å². The van der Waals surface area contributed by atoms with Crippen molar-refractivity contribution in [1.82, 2.24) is 0 Å². The van der Waals surface area contributed by atoms with Gasteiger partial charge in [-0.05, 0) is 49.1 Å². The maximum atomic E-state index is 13.1. The lowest BCUT2D eigenvalue weighted by molar-refractivity contribution is -0.142. The molecule has 0 spiro atoms. The predicted molar refractivity (Wildman–Crippen MR) is 72.1 cm³/mol. The minimum absolute atomic E-state index is 0.0397. The largest absolute Gasteiger partial charge is 0.416 e. The highest BCUT2D eigenvalue weighted by Crippen LogP contribution is 2.46. The maximum absolute atomic E-state index is 13.1. The monoisotopic (exact) mass is 286 g/mol. The summed E-state index contributed by atoms with van der Waals surface area (Å²) in [6.45, 7) is 4.12. The summed E-state index contributed by atoms with van der Waals surface area (Å²) in [5.74, 6) is 0.648. The Kier molecular flexibility index (Phi) is 4.14. The minimum Gasteiger partial charge on any atom is -0.385 e. The molecule has 0 aliphatic heterocycles. The zero-order valence-electron chi connectivity index (χ0n) is 11.9. The first-order valence-electron chi connectivity index (χ1n) is 7.13. The molecule has 0 saturated heterocycles. The number of aliphatic hydroxyl groups is 1. The van der Waals surface area contributed by atoms with Gasteiger partial charge in [0.15, 0.2) is 0 Å². The SMILES string of the molecule is CC(C)C1CCCC(O)(c2ccccc2C(F)(F)F)C1. The lowest BCUT2D eigenvalue weighted by Crippen LogP contribution is -2.36. The van der Waals surface area contributed by atoms with Crippen molar-refractivity contribution >= 4 is 0 Å². The van der Waals surface area contributed by atoms with Crippen molar-refractivity contribution in [1.29, 1.82) is 0 Å². The van der Waals surface area contributed by atoms with Crippen LogP contribution in [0, 0.1) is 11.8 Å². The Morgan fingerprint density at radius 2 is 1.90 bits per heavy atom. The van der Waals surface area contributed by atoms with E-state index in [9.17, 15) is 18.3 Å². The van der Waals surface area contributed by atoms with Gasteiger partial charge in [0.25, 0.3) is 0 Å². The second kappa shape index (κ2) is 5.40. The first-order chi connectivity index (χ1) is 9.24. The summed E-state index contributed by atoms with van der Waals surface area (Å²) >= 11 is 0. The van der Waals surface area contributed by atoms with Crippen molar-refractivity contribution in [3.05, 3.63) is 35.4 Å². The molecule has 0 bridgehead atoms. The van der Waals surface area contributed by atoms with Crippen LogP contribution in [-0.2, 0) is 11.8 Å². The molecule has 20 heavy (non-hydrogen) atoms. The van der Waals surface area contributed by atoms with E-state index in [1.54, 1.807) is 6.07 Å². The standard InChI is InChI=1S/C16H21F3O/c1-11(2)12-6-5-9-15(20,10-12)13-7-3-4-8-14(13)16(17,18)19/h3-4,7-8,11-12,20H,5-6,9-10H2,1-2H3. The molecule has 1 fully saturated rings. The zero-order chi connectivity index (χ0) is 15.0. The minimum atomic E-state index is -4.42. The lowest BCUT2D eigenvalue weighted by Gasteiger charge is -2.40. The van der Waals surface area contributed by atoms with Gasteiger partial charge in [-0.3, -0.25) is 0 Å². The number of halogens is 3. The fourth-order valence-corrected chi connectivity index (χ4v) is 3.24. The van der Waals surface area contributed by atoms with Crippen molar-refractivity contribution in [3.8, 4) is 0 Å². The van der Waals surface area contributed by atoms with E-state index in [0.29, 0.717) is 18.8 Å². The highest BCUT2D eigenvalue weighted by molar-refractivity contribution is 5.35.